The van der Waals surface area contributed by atoms with Crippen molar-refractivity contribution in [1.82, 2.24) is 0 Å². The van der Waals surface area contributed by atoms with Crippen molar-refractivity contribution in [1.29, 1.82) is 0 Å². The highest BCUT2D eigenvalue weighted by molar-refractivity contribution is 5.70. The van der Waals surface area contributed by atoms with Gasteiger partial charge in [0, 0.05) is 12.8 Å². The molecule has 0 aliphatic carbocycles. The second kappa shape index (κ2) is 49.9. The molecule has 0 aliphatic heterocycles. The van der Waals surface area contributed by atoms with E-state index in [2.05, 4.69) is 123 Å². The van der Waals surface area contributed by atoms with E-state index in [0.29, 0.717) is 12.8 Å². The van der Waals surface area contributed by atoms with Gasteiger partial charge < -0.3 is 14.6 Å². The molecule has 5 heteroatoms. The fraction of sp³-hybridized carbons (Fsp3) is 0.636. The first-order valence-electron chi connectivity index (χ1n) is 24.4. The molecule has 60 heavy (non-hydrogen) atoms. The minimum absolute atomic E-state index is 0.0814. The number of hydrogen-bond donors (Lipinski definition) is 1. The van der Waals surface area contributed by atoms with Crippen molar-refractivity contribution in [2.75, 3.05) is 13.2 Å². The van der Waals surface area contributed by atoms with Crippen molar-refractivity contribution < 1.29 is 24.2 Å². The third-order valence-electron chi connectivity index (χ3n) is 10.1. The van der Waals surface area contributed by atoms with Gasteiger partial charge in [0.25, 0.3) is 0 Å². The van der Waals surface area contributed by atoms with Gasteiger partial charge in [0.05, 0.1) is 6.61 Å². The molecule has 0 rings (SSSR count). The van der Waals surface area contributed by atoms with Gasteiger partial charge in [-0.15, -0.1) is 0 Å². The molecule has 340 valence electrons. The second-order valence-electron chi connectivity index (χ2n) is 15.8. The monoisotopic (exact) mass is 831 g/mol. The van der Waals surface area contributed by atoms with Crippen LogP contribution in [0.5, 0.6) is 0 Å². The van der Waals surface area contributed by atoms with Crippen LogP contribution in [0, 0.1) is 0 Å². The predicted molar refractivity (Wildman–Crippen MR) is 260 cm³/mol. The molecule has 0 aromatic carbocycles. The molecule has 5 nitrogen and oxygen atoms in total. The molecular weight excluding hydrogens is 741 g/mol. The predicted octanol–water partition coefficient (Wildman–Crippen LogP) is 16.2. The number of esters is 2. The number of allylic oxidation sites excluding steroid dienone is 18. The molecule has 0 fully saturated rings. The Balaban J connectivity index is 3.60. The van der Waals surface area contributed by atoms with Gasteiger partial charge in [-0.05, 0) is 103 Å². The van der Waals surface area contributed by atoms with Crippen molar-refractivity contribution in [3.8, 4) is 0 Å². The van der Waals surface area contributed by atoms with Gasteiger partial charge in [0.2, 0.25) is 0 Å². The first kappa shape index (κ1) is 56.6. The summed E-state index contributed by atoms with van der Waals surface area (Å²) in [6.07, 6.45) is 71.7. The van der Waals surface area contributed by atoms with Gasteiger partial charge >= 0.3 is 11.9 Å². The molecular formula is C55H90O5. The number of ether oxygens (including phenoxy) is 2. The van der Waals surface area contributed by atoms with E-state index in [-0.39, 0.29) is 25.2 Å². The van der Waals surface area contributed by atoms with Crippen LogP contribution >= 0.6 is 0 Å². The summed E-state index contributed by atoms with van der Waals surface area (Å²) in [7, 11) is 0. The van der Waals surface area contributed by atoms with Crippen LogP contribution in [0.25, 0.3) is 0 Å². The fourth-order valence-corrected chi connectivity index (χ4v) is 6.39. The lowest BCUT2D eigenvalue weighted by molar-refractivity contribution is -0.161. The zero-order valence-electron chi connectivity index (χ0n) is 38.7. The van der Waals surface area contributed by atoms with E-state index in [1.807, 2.05) is 0 Å². The van der Waals surface area contributed by atoms with Gasteiger partial charge in [-0.3, -0.25) is 9.59 Å². The summed E-state index contributed by atoms with van der Waals surface area (Å²) in [6, 6.07) is 0. The molecule has 0 bridgehead atoms. The van der Waals surface area contributed by atoms with Crippen LogP contribution in [0.15, 0.2) is 109 Å². The van der Waals surface area contributed by atoms with Crippen molar-refractivity contribution in [3.63, 3.8) is 0 Å². The van der Waals surface area contributed by atoms with E-state index in [4.69, 9.17) is 9.47 Å². The molecule has 1 unspecified atom stereocenters. The Labute approximate surface area is 370 Å². The van der Waals surface area contributed by atoms with Crippen LogP contribution < -0.4 is 0 Å². The average Bonchev–Trinajstić information content (AvgIpc) is 3.25. The maximum Gasteiger partial charge on any atom is 0.306 e. The van der Waals surface area contributed by atoms with Gasteiger partial charge in [-0.2, -0.15) is 0 Å². The molecule has 0 radical (unpaired) electrons. The normalized spacial score (nSPS) is 13.2. The third-order valence-corrected chi connectivity index (χ3v) is 10.1. The van der Waals surface area contributed by atoms with Crippen LogP contribution in [-0.4, -0.2) is 36.4 Å². The summed E-state index contributed by atoms with van der Waals surface area (Å²) in [5, 5.41) is 9.60. The smallest absolute Gasteiger partial charge is 0.306 e. The minimum Gasteiger partial charge on any atom is -0.462 e. The number of unbranched alkanes of at least 4 members (excludes halogenated alkanes) is 17. The molecule has 0 heterocycles. The summed E-state index contributed by atoms with van der Waals surface area (Å²) >= 11 is 0. The Kier molecular flexibility index (Phi) is 47.1. The Bertz CT molecular complexity index is 1210. The maximum absolute atomic E-state index is 12.3. The number of aliphatic hydroxyl groups is 1. The Morgan fingerprint density at radius 1 is 0.400 bits per heavy atom. The Morgan fingerprint density at radius 3 is 1.08 bits per heavy atom. The first-order chi connectivity index (χ1) is 29.6. The van der Waals surface area contributed by atoms with E-state index >= 15 is 0 Å². The number of aliphatic hydroxyl groups excluding tert-OH is 1. The van der Waals surface area contributed by atoms with E-state index in [1.54, 1.807) is 0 Å². The first-order valence-corrected chi connectivity index (χ1v) is 24.4. The molecule has 0 saturated heterocycles. The molecule has 1 atom stereocenters. The summed E-state index contributed by atoms with van der Waals surface area (Å²) < 4.78 is 10.6. The standard InChI is InChI=1S/C55H90O5/c1-3-5-7-9-11-13-15-17-19-20-21-22-23-24-25-26-27-28-29-30-31-32-33-34-36-38-40-42-44-46-48-50-55(58)60-53(51-56)52-59-54(57)49-47-45-43-41-39-37-35-18-16-14-12-10-8-6-4-2/h5,7,11-14,17-19,21-22,24-25,27-28,30-31,35,53,56H,3-4,6,8-10,15-16,20,23,26,29,32-34,36-52H2,1-2H3/b7-5-,13-11-,14-12-,19-17-,22-21-,25-24-,28-27-,31-30-,35-18-. The fourth-order valence-electron chi connectivity index (χ4n) is 6.39. The molecule has 1 N–H and O–H groups in total. The zero-order chi connectivity index (χ0) is 43.5. The van der Waals surface area contributed by atoms with E-state index < -0.39 is 6.10 Å². The molecule has 0 aliphatic rings. The SMILES string of the molecule is CC/C=C\C/C=C\C/C=C\C/C=C\C/C=C\C/C=C\C/C=C\CCCCCCCCCCCC(=O)OC(CO)COC(=O)CCCCCCC/C=C\C/C=C\CCCCC. The van der Waals surface area contributed by atoms with E-state index in [0.717, 1.165) is 103 Å². The lowest BCUT2D eigenvalue weighted by Crippen LogP contribution is -2.28. The summed E-state index contributed by atoms with van der Waals surface area (Å²) in [5.74, 6) is -0.620. The van der Waals surface area contributed by atoms with Crippen LogP contribution in [0.3, 0.4) is 0 Å². The number of hydrogen-bond acceptors (Lipinski definition) is 5. The number of carbonyl (C=O) groups is 2. The maximum atomic E-state index is 12.3. The third kappa shape index (κ3) is 47.2. The van der Waals surface area contributed by atoms with Crippen molar-refractivity contribution in [2.24, 2.45) is 0 Å². The Morgan fingerprint density at radius 2 is 0.717 bits per heavy atom. The minimum atomic E-state index is -0.788. The van der Waals surface area contributed by atoms with Gasteiger partial charge in [-0.25, -0.2) is 0 Å². The van der Waals surface area contributed by atoms with E-state index in [9.17, 15) is 14.7 Å². The van der Waals surface area contributed by atoms with Gasteiger partial charge in [0.15, 0.2) is 6.10 Å². The lowest BCUT2D eigenvalue weighted by Gasteiger charge is -2.15. The zero-order valence-corrected chi connectivity index (χ0v) is 38.7. The number of rotatable bonds is 43. The number of carbonyl (C=O) groups excluding carboxylic acids is 2. The molecule has 0 aromatic rings. The van der Waals surface area contributed by atoms with Crippen molar-refractivity contribution in [3.05, 3.63) is 109 Å². The van der Waals surface area contributed by atoms with Crippen LogP contribution in [-0.2, 0) is 19.1 Å². The van der Waals surface area contributed by atoms with Gasteiger partial charge in [-0.1, -0.05) is 200 Å². The van der Waals surface area contributed by atoms with E-state index in [1.165, 1.54) is 77.0 Å². The summed E-state index contributed by atoms with van der Waals surface area (Å²) in [5.41, 5.74) is 0. The van der Waals surface area contributed by atoms with Crippen molar-refractivity contribution >= 4 is 11.9 Å². The highest BCUT2D eigenvalue weighted by Crippen LogP contribution is 2.13. The highest BCUT2D eigenvalue weighted by atomic mass is 16.6. The van der Waals surface area contributed by atoms with Crippen LogP contribution in [0.1, 0.15) is 206 Å². The largest absolute Gasteiger partial charge is 0.462 e. The quantitative estimate of drug-likeness (QED) is 0.0376. The Hall–Kier alpha value is -3.44. The topological polar surface area (TPSA) is 72.8 Å². The van der Waals surface area contributed by atoms with Crippen LogP contribution in [0.2, 0.25) is 0 Å². The van der Waals surface area contributed by atoms with Crippen LogP contribution in [0.4, 0.5) is 0 Å². The second-order valence-corrected chi connectivity index (χ2v) is 15.8. The molecule has 0 aromatic heterocycles. The highest BCUT2D eigenvalue weighted by Gasteiger charge is 2.16. The average molecular weight is 831 g/mol. The molecule has 0 spiro atoms. The summed E-state index contributed by atoms with van der Waals surface area (Å²) in [6.45, 7) is 3.97. The molecule has 0 saturated carbocycles. The van der Waals surface area contributed by atoms with Gasteiger partial charge in [0.1, 0.15) is 6.61 Å². The summed E-state index contributed by atoms with van der Waals surface area (Å²) in [4.78, 5) is 24.4. The molecule has 0 amide bonds. The lowest BCUT2D eigenvalue weighted by atomic mass is 10.1. The van der Waals surface area contributed by atoms with Crippen molar-refractivity contribution in [2.45, 2.75) is 213 Å².